The first kappa shape index (κ1) is 17.8. The summed E-state index contributed by atoms with van der Waals surface area (Å²) in [6, 6.07) is 13.7. The van der Waals surface area contributed by atoms with Crippen molar-refractivity contribution in [1.29, 1.82) is 0 Å². The van der Waals surface area contributed by atoms with Crippen LogP contribution in [-0.4, -0.2) is 28.8 Å². The van der Waals surface area contributed by atoms with Crippen molar-refractivity contribution in [2.24, 2.45) is 0 Å². The van der Waals surface area contributed by atoms with Gasteiger partial charge in [-0.15, -0.1) is 11.8 Å². The van der Waals surface area contributed by atoms with Crippen LogP contribution < -0.4 is 10.1 Å². The number of thioether (sulfide) groups is 1. The van der Waals surface area contributed by atoms with Crippen LogP contribution in [0.3, 0.4) is 0 Å². The minimum Gasteiger partial charge on any atom is -0.474 e. The molecule has 5 heteroatoms. The molecule has 0 unspecified atom stereocenters. The Morgan fingerprint density at radius 1 is 1.16 bits per heavy atom. The molecule has 2 aromatic rings. The second-order valence-electron chi connectivity index (χ2n) is 6.16. The zero-order chi connectivity index (χ0) is 17.5. The molecule has 1 heterocycles. The minimum absolute atomic E-state index is 0.0330. The van der Waals surface area contributed by atoms with E-state index >= 15 is 0 Å². The van der Waals surface area contributed by atoms with E-state index < -0.39 is 0 Å². The highest BCUT2D eigenvalue weighted by molar-refractivity contribution is 7.99. The largest absolute Gasteiger partial charge is 0.474 e. The Morgan fingerprint density at radius 3 is 2.64 bits per heavy atom. The van der Waals surface area contributed by atoms with Gasteiger partial charge >= 0.3 is 0 Å². The van der Waals surface area contributed by atoms with Crippen molar-refractivity contribution < 1.29 is 9.53 Å². The van der Waals surface area contributed by atoms with Crippen molar-refractivity contribution in [3.8, 4) is 5.88 Å². The molecule has 1 saturated carbocycles. The van der Waals surface area contributed by atoms with Crippen molar-refractivity contribution >= 4 is 17.7 Å². The molecule has 3 rings (SSSR count). The summed E-state index contributed by atoms with van der Waals surface area (Å²) in [7, 11) is 0. The molecular weight excluding hydrogens is 332 g/mol. The normalized spacial score (nSPS) is 20.0. The summed E-state index contributed by atoms with van der Waals surface area (Å²) in [5.74, 6) is 1.67. The van der Waals surface area contributed by atoms with Crippen LogP contribution in [0.15, 0.2) is 53.6 Å². The number of hydrogen-bond donors (Lipinski definition) is 1. The highest BCUT2D eigenvalue weighted by atomic mass is 32.2. The van der Waals surface area contributed by atoms with E-state index in [1.54, 1.807) is 18.0 Å². The van der Waals surface area contributed by atoms with Crippen molar-refractivity contribution in [2.75, 3.05) is 5.75 Å². The predicted molar refractivity (Wildman–Crippen MR) is 101 cm³/mol. The molecule has 1 N–H and O–H groups in total. The number of aromatic nitrogens is 1. The van der Waals surface area contributed by atoms with E-state index in [4.69, 9.17) is 4.74 Å². The molecule has 132 valence electrons. The molecule has 1 amide bonds. The third-order valence-electron chi connectivity index (χ3n) is 4.37. The maximum Gasteiger partial charge on any atom is 0.252 e. The number of amides is 1. The number of carbonyl (C=O) groups excluding carboxylic acids is 1. The summed E-state index contributed by atoms with van der Waals surface area (Å²) in [6.07, 6.45) is 5.68. The highest BCUT2D eigenvalue weighted by Crippen LogP contribution is 2.25. The summed E-state index contributed by atoms with van der Waals surface area (Å²) < 4.78 is 5.92. The van der Waals surface area contributed by atoms with Crippen LogP contribution in [0.4, 0.5) is 0 Å². The maximum atomic E-state index is 12.6. The minimum atomic E-state index is 0.0330. The smallest absolute Gasteiger partial charge is 0.252 e. The number of hydrogen-bond acceptors (Lipinski definition) is 4. The standard InChI is InChI=1S/C20H24N2O2S/c1-2-25-18-8-4-3-7-17(18)20(23)22-15-10-12-16(13-11-15)24-19-9-5-6-14-21-19/h3-9,14-16H,2,10-13H2,1H3,(H,22,23). The molecule has 0 bridgehead atoms. The van der Waals surface area contributed by atoms with Gasteiger partial charge in [-0.3, -0.25) is 4.79 Å². The van der Waals surface area contributed by atoms with Crippen LogP contribution in [-0.2, 0) is 0 Å². The third kappa shape index (κ3) is 4.98. The SMILES string of the molecule is CCSc1ccccc1C(=O)NC1CCC(Oc2ccccn2)CC1. The van der Waals surface area contributed by atoms with Gasteiger partial charge < -0.3 is 10.1 Å². The molecular formula is C20H24N2O2S. The fraction of sp³-hybridized carbons (Fsp3) is 0.400. The van der Waals surface area contributed by atoms with Gasteiger partial charge in [-0.2, -0.15) is 0 Å². The topological polar surface area (TPSA) is 51.2 Å². The van der Waals surface area contributed by atoms with Gasteiger partial charge in [0.15, 0.2) is 0 Å². The molecule has 1 aromatic heterocycles. The molecule has 1 aliphatic rings. The fourth-order valence-corrected chi connectivity index (χ4v) is 3.91. The number of rotatable bonds is 6. The molecule has 0 atom stereocenters. The van der Waals surface area contributed by atoms with Crippen LogP contribution in [0.2, 0.25) is 0 Å². The van der Waals surface area contributed by atoms with E-state index in [1.807, 2.05) is 42.5 Å². The molecule has 1 aromatic carbocycles. The lowest BCUT2D eigenvalue weighted by Gasteiger charge is -2.29. The quantitative estimate of drug-likeness (QED) is 0.784. The van der Waals surface area contributed by atoms with Crippen molar-refractivity contribution in [3.63, 3.8) is 0 Å². The number of nitrogens with zero attached hydrogens (tertiary/aromatic N) is 1. The van der Waals surface area contributed by atoms with Gasteiger partial charge in [0.2, 0.25) is 5.88 Å². The van der Waals surface area contributed by atoms with Crippen LogP contribution >= 0.6 is 11.8 Å². The number of nitrogens with one attached hydrogen (secondary N) is 1. The van der Waals surface area contributed by atoms with Crippen molar-refractivity contribution in [2.45, 2.75) is 49.6 Å². The van der Waals surface area contributed by atoms with Crippen LogP contribution in [0.25, 0.3) is 0 Å². The summed E-state index contributed by atoms with van der Waals surface area (Å²) in [4.78, 5) is 17.9. The molecule has 4 nitrogen and oxygen atoms in total. The summed E-state index contributed by atoms with van der Waals surface area (Å²) in [5, 5.41) is 3.19. The lowest BCUT2D eigenvalue weighted by Crippen LogP contribution is -2.39. The Kier molecular flexibility index (Phi) is 6.34. The second kappa shape index (κ2) is 8.90. The molecule has 25 heavy (non-hydrogen) atoms. The Balaban J connectivity index is 1.51. The molecule has 0 aliphatic heterocycles. The average molecular weight is 356 g/mol. The first-order valence-electron chi connectivity index (χ1n) is 8.86. The average Bonchev–Trinajstić information content (AvgIpc) is 2.65. The summed E-state index contributed by atoms with van der Waals surface area (Å²) in [6.45, 7) is 2.10. The predicted octanol–water partition coefficient (Wildman–Crippen LogP) is 4.31. The summed E-state index contributed by atoms with van der Waals surface area (Å²) >= 11 is 1.71. The Labute approximate surface area is 153 Å². The van der Waals surface area contributed by atoms with Gasteiger partial charge in [-0.1, -0.05) is 25.1 Å². The van der Waals surface area contributed by atoms with E-state index in [0.29, 0.717) is 5.88 Å². The van der Waals surface area contributed by atoms with E-state index in [-0.39, 0.29) is 18.1 Å². The van der Waals surface area contributed by atoms with Gasteiger partial charge in [-0.05, 0) is 49.6 Å². The number of benzene rings is 1. The van der Waals surface area contributed by atoms with Gasteiger partial charge in [0.1, 0.15) is 6.10 Å². The second-order valence-corrected chi connectivity index (χ2v) is 7.47. The molecule has 0 spiro atoms. The monoisotopic (exact) mass is 356 g/mol. The van der Waals surface area contributed by atoms with E-state index in [1.165, 1.54) is 0 Å². The van der Waals surface area contributed by atoms with Crippen LogP contribution in [0.1, 0.15) is 43.0 Å². The van der Waals surface area contributed by atoms with Crippen molar-refractivity contribution in [3.05, 3.63) is 54.2 Å². The van der Waals surface area contributed by atoms with Crippen molar-refractivity contribution in [1.82, 2.24) is 10.3 Å². The molecule has 1 fully saturated rings. The lowest BCUT2D eigenvalue weighted by molar-refractivity contribution is 0.0887. The Hall–Kier alpha value is -2.01. The zero-order valence-electron chi connectivity index (χ0n) is 14.5. The van der Waals surface area contributed by atoms with Gasteiger partial charge in [0.05, 0.1) is 5.56 Å². The summed E-state index contributed by atoms with van der Waals surface area (Å²) in [5.41, 5.74) is 0.779. The first-order valence-corrected chi connectivity index (χ1v) is 9.85. The number of pyridine rings is 1. The fourth-order valence-electron chi connectivity index (χ4n) is 3.11. The molecule has 1 aliphatic carbocycles. The Morgan fingerprint density at radius 2 is 1.92 bits per heavy atom. The number of ether oxygens (including phenoxy) is 1. The third-order valence-corrected chi connectivity index (χ3v) is 5.32. The highest BCUT2D eigenvalue weighted by Gasteiger charge is 2.24. The lowest BCUT2D eigenvalue weighted by atomic mass is 9.92. The van der Waals surface area contributed by atoms with Crippen LogP contribution in [0, 0.1) is 0 Å². The maximum absolute atomic E-state index is 12.6. The van der Waals surface area contributed by atoms with Crippen LogP contribution in [0.5, 0.6) is 5.88 Å². The Bertz CT molecular complexity index is 685. The van der Waals surface area contributed by atoms with Gasteiger partial charge in [0, 0.05) is 23.2 Å². The van der Waals surface area contributed by atoms with E-state index in [0.717, 1.165) is 41.9 Å². The van der Waals surface area contributed by atoms with Gasteiger partial charge in [0.25, 0.3) is 5.91 Å². The zero-order valence-corrected chi connectivity index (χ0v) is 15.3. The first-order chi connectivity index (χ1) is 12.3. The van der Waals surface area contributed by atoms with E-state index in [2.05, 4.69) is 17.2 Å². The van der Waals surface area contributed by atoms with E-state index in [9.17, 15) is 4.79 Å². The molecule has 0 saturated heterocycles. The molecule has 0 radical (unpaired) electrons. The number of carbonyl (C=O) groups is 1. The van der Waals surface area contributed by atoms with Gasteiger partial charge in [-0.25, -0.2) is 4.98 Å².